The number of aryl methyl sites for hydroxylation is 1. The summed E-state index contributed by atoms with van der Waals surface area (Å²) < 4.78 is 16.0. The van der Waals surface area contributed by atoms with E-state index in [1.807, 2.05) is 36.4 Å². The SMILES string of the molecule is CN=C(NCc1ccc(OCCOC)nc1)NCc1coc(-c2ccc(C)cc2)n1.I. The van der Waals surface area contributed by atoms with Crippen LogP contribution in [0, 0.1) is 6.92 Å². The number of halogens is 1. The molecular formula is C22H28IN5O3. The molecule has 3 rings (SSSR count). The topological polar surface area (TPSA) is 93.8 Å². The molecule has 0 fully saturated rings. The number of oxazole rings is 1. The molecule has 0 spiro atoms. The third-order valence-corrected chi connectivity index (χ3v) is 4.31. The molecule has 166 valence electrons. The summed E-state index contributed by atoms with van der Waals surface area (Å²) in [7, 11) is 3.36. The molecule has 0 saturated heterocycles. The van der Waals surface area contributed by atoms with Crippen LogP contribution in [-0.4, -0.2) is 43.3 Å². The molecule has 0 aliphatic rings. The van der Waals surface area contributed by atoms with E-state index in [0.29, 0.717) is 44.0 Å². The Morgan fingerprint density at radius 2 is 1.84 bits per heavy atom. The van der Waals surface area contributed by atoms with Crippen molar-refractivity contribution in [2.24, 2.45) is 4.99 Å². The molecule has 0 amide bonds. The van der Waals surface area contributed by atoms with Crippen LogP contribution in [0.25, 0.3) is 11.5 Å². The van der Waals surface area contributed by atoms with E-state index in [0.717, 1.165) is 16.8 Å². The maximum absolute atomic E-state index is 5.59. The molecule has 2 aromatic heterocycles. The molecule has 3 aromatic rings. The zero-order valence-electron chi connectivity index (χ0n) is 17.9. The van der Waals surface area contributed by atoms with Gasteiger partial charge in [0, 0.05) is 38.5 Å². The van der Waals surface area contributed by atoms with Gasteiger partial charge in [0.2, 0.25) is 11.8 Å². The summed E-state index contributed by atoms with van der Waals surface area (Å²) in [5.41, 5.74) is 3.97. The first kappa shape index (κ1) is 24.6. The third kappa shape index (κ3) is 7.83. The maximum Gasteiger partial charge on any atom is 0.226 e. The summed E-state index contributed by atoms with van der Waals surface area (Å²) in [4.78, 5) is 13.1. The predicted octanol–water partition coefficient (Wildman–Crippen LogP) is 3.55. The maximum atomic E-state index is 5.59. The van der Waals surface area contributed by atoms with Crippen LogP contribution >= 0.6 is 24.0 Å². The smallest absolute Gasteiger partial charge is 0.226 e. The van der Waals surface area contributed by atoms with Crippen LogP contribution < -0.4 is 15.4 Å². The lowest BCUT2D eigenvalue weighted by molar-refractivity contribution is 0.143. The van der Waals surface area contributed by atoms with Gasteiger partial charge >= 0.3 is 0 Å². The second kappa shape index (κ2) is 12.9. The Labute approximate surface area is 199 Å². The summed E-state index contributed by atoms with van der Waals surface area (Å²) in [6.45, 7) is 4.14. The van der Waals surface area contributed by atoms with Gasteiger partial charge in [0.05, 0.1) is 18.8 Å². The second-order valence-electron chi connectivity index (χ2n) is 6.64. The van der Waals surface area contributed by atoms with Crippen molar-refractivity contribution in [3.8, 4) is 17.3 Å². The third-order valence-electron chi connectivity index (χ3n) is 4.31. The number of hydrogen-bond donors (Lipinski definition) is 2. The van der Waals surface area contributed by atoms with Gasteiger partial charge in [-0.25, -0.2) is 9.97 Å². The summed E-state index contributed by atoms with van der Waals surface area (Å²) in [5, 5.41) is 6.49. The minimum Gasteiger partial charge on any atom is -0.475 e. The Balaban J connectivity index is 0.00000341. The van der Waals surface area contributed by atoms with E-state index in [1.165, 1.54) is 5.56 Å². The monoisotopic (exact) mass is 537 g/mol. The van der Waals surface area contributed by atoms with Crippen LogP contribution in [0.3, 0.4) is 0 Å². The lowest BCUT2D eigenvalue weighted by Crippen LogP contribution is -2.36. The Bertz CT molecular complexity index is 943. The fourth-order valence-corrected chi connectivity index (χ4v) is 2.63. The van der Waals surface area contributed by atoms with Crippen LogP contribution in [0.2, 0.25) is 0 Å². The highest BCUT2D eigenvalue weighted by Crippen LogP contribution is 2.19. The molecule has 8 nitrogen and oxygen atoms in total. The Hall–Kier alpha value is -2.66. The first-order chi connectivity index (χ1) is 14.7. The zero-order valence-corrected chi connectivity index (χ0v) is 20.3. The highest BCUT2D eigenvalue weighted by atomic mass is 127. The molecule has 0 bridgehead atoms. The van der Waals surface area contributed by atoms with E-state index < -0.39 is 0 Å². The molecule has 0 aliphatic carbocycles. The van der Waals surface area contributed by atoms with Crippen LogP contribution in [0.5, 0.6) is 5.88 Å². The standard InChI is InChI=1S/C22H27N5O3.HI/c1-16-4-7-18(8-5-16)21-27-19(15-30-21)14-26-22(23-2)25-13-17-6-9-20(24-12-17)29-11-10-28-3;/h4-9,12,15H,10-11,13-14H2,1-3H3,(H2,23,25,26);1H. The fraction of sp³-hybridized carbons (Fsp3) is 0.318. The number of hydrogen-bond acceptors (Lipinski definition) is 6. The van der Waals surface area contributed by atoms with Gasteiger partial charge in [-0.1, -0.05) is 23.8 Å². The van der Waals surface area contributed by atoms with Gasteiger partial charge in [-0.3, -0.25) is 4.99 Å². The minimum absolute atomic E-state index is 0. The largest absolute Gasteiger partial charge is 0.475 e. The van der Waals surface area contributed by atoms with Crippen LogP contribution in [-0.2, 0) is 17.8 Å². The Morgan fingerprint density at radius 3 is 2.52 bits per heavy atom. The molecular weight excluding hydrogens is 509 g/mol. The number of aliphatic imine (C=N–C) groups is 1. The molecule has 0 radical (unpaired) electrons. The summed E-state index contributed by atoms with van der Waals surface area (Å²) in [6.07, 6.45) is 3.43. The van der Waals surface area contributed by atoms with Gasteiger partial charge < -0.3 is 24.5 Å². The van der Waals surface area contributed by atoms with E-state index in [2.05, 4.69) is 32.5 Å². The number of benzene rings is 1. The average Bonchev–Trinajstić information content (AvgIpc) is 3.24. The van der Waals surface area contributed by atoms with Crippen molar-refractivity contribution in [2.75, 3.05) is 27.4 Å². The van der Waals surface area contributed by atoms with E-state index >= 15 is 0 Å². The fourth-order valence-electron chi connectivity index (χ4n) is 2.63. The van der Waals surface area contributed by atoms with E-state index in [9.17, 15) is 0 Å². The molecule has 0 aliphatic heterocycles. The second-order valence-corrected chi connectivity index (χ2v) is 6.64. The summed E-state index contributed by atoms with van der Waals surface area (Å²) in [5.74, 6) is 1.85. The number of nitrogens with one attached hydrogen (secondary N) is 2. The predicted molar refractivity (Wildman–Crippen MR) is 131 cm³/mol. The van der Waals surface area contributed by atoms with Crippen molar-refractivity contribution < 1.29 is 13.9 Å². The number of nitrogens with zero attached hydrogens (tertiary/aromatic N) is 3. The molecule has 2 N–H and O–H groups in total. The van der Waals surface area contributed by atoms with Crippen LogP contribution in [0.1, 0.15) is 16.8 Å². The quantitative estimate of drug-likeness (QED) is 0.187. The van der Waals surface area contributed by atoms with Crippen molar-refractivity contribution >= 4 is 29.9 Å². The van der Waals surface area contributed by atoms with Gasteiger partial charge in [0.1, 0.15) is 12.9 Å². The number of methoxy groups -OCH3 is 1. The molecule has 0 unspecified atom stereocenters. The molecule has 0 saturated carbocycles. The van der Waals surface area contributed by atoms with Crippen molar-refractivity contribution in [3.05, 3.63) is 65.7 Å². The van der Waals surface area contributed by atoms with E-state index in [-0.39, 0.29) is 24.0 Å². The van der Waals surface area contributed by atoms with Crippen LogP contribution in [0.15, 0.2) is 58.3 Å². The van der Waals surface area contributed by atoms with Gasteiger partial charge in [0.25, 0.3) is 0 Å². The van der Waals surface area contributed by atoms with Crippen molar-refractivity contribution in [2.45, 2.75) is 20.0 Å². The highest BCUT2D eigenvalue weighted by Gasteiger charge is 2.07. The molecule has 9 heteroatoms. The minimum atomic E-state index is 0. The molecule has 1 aromatic carbocycles. The molecule has 2 heterocycles. The van der Waals surface area contributed by atoms with E-state index in [1.54, 1.807) is 26.6 Å². The number of guanidine groups is 1. The van der Waals surface area contributed by atoms with Gasteiger partial charge in [0.15, 0.2) is 5.96 Å². The van der Waals surface area contributed by atoms with Gasteiger partial charge in [-0.05, 0) is 24.6 Å². The lowest BCUT2D eigenvalue weighted by Gasteiger charge is -2.11. The van der Waals surface area contributed by atoms with Crippen molar-refractivity contribution in [1.82, 2.24) is 20.6 Å². The van der Waals surface area contributed by atoms with Crippen LogP contribution in [0.4, 0.5) is 0 Å². The Kier molecular flexibility index (Phi) is 10.2. The molecule has 0 atom stereocenters. The van der Waals surface area contributed by atoms with E-state index in [4.69, 9.17) is 13.9 Å². The number of aromatic nitrogens is 2. The summed E-state index contributed by atoms with van der Waals surface area (Å²) in [6, 6.07) is 11.9. The first-order valence-electron chi connectivity index (χ1n) is 9.70. The Morgan fingerprint density at radius 1 is 1.06 bits per heavy atom. The average molecular weight is 537 g/mol. The first-order valence-corrected chi connectivity index (χ1v) is 9.70. The number of ether oxygens (including phenoxy) is 2. The lowest BCUT2D eigenvalue weighted by atomic mass is 10.1. The van der Waals surface area contributed by atoms with Gasteiger partial charge in [-0.15, -0.1) is 24.0 Å². The normalized spacial score (nSPS) is 11.0. The van der Waals surface area contributed by atoms with Crippen molar-refractivity contribution in [3.63, 3.8) is 0 Å². The number of pyridine rings is 1. The summed E-state index contributed by atoms with van der Waals surface area (Å²) >= 11 is 0. The highest BCUT2D eigenvalue weighted by molar-refractivity contribution is 14.0. The number of rotatable bonds is 9. The van der Waals surface area contributed by atoms with Gasteiger partial charge in [-0.2, -0.15) is 0 Å². The zero-order chi connectivity index (χ0) is 21.2. The molecule has 31 heavy (non-hydrogen) atoms. The van der Waals surface area contributed by atoms with Crippen molar-refractivity contribution in [1.29, 1.82) is 0 Å².